The van der Waals surface area contributed by atoms with Crippen LogP contribution in [0.25, 0.3) is 11.1 Å². The van der Waals surface area contributed by atoms with Gasteiger partial charge in [0.05, 0.1) is 0 Å². The summed E-state index contributed by atoms with van der Waals surface area (Å²) < 4.78 is 4.69. The molecule has 1 radical (unpaired) electrons. The summed E-state index contributed by atoms with van der Waals surface area (Å²) in [6.45, 7) is 0. The number of hydrogen-bond donors (Lipinski definition) is 0. The van der Waals surface area contributed by atoms with E-state index >= 15 is 0 Å². The molecule has 0 saturated heterocycles. The fourth-order valence-corrected chi connectivity index (χ4v) is 2.31. The molecule has 0 N–H and O–H groups in total. The molecular weight excluding hydrogens is 216 g/mol. The number of carbonyl (C=O) groups is 1. The van der Waals surface area contributed by atoms with Crippen molar-refractivity contribution in [3.05, 3.63) is 53.6 Å². The Bertz CT molecular complexity index is 602. The summed E-state index contributed by atoms with van der Waals surface area (Å²) in [6.07, 6.45) is -0.816. The molecular formula is C14H9O3. The average molecular weight is 225 g/mol. The summed E-state index contributed by atoms with van der Waals surface area (Å²) in [4.78, 5) is 10.5. The normalized spacial score (nSPS) is 11.8. The van der Waals surface area contributed by atoms with E-state index in [2.05, 4.69) is 0 Å². The predicted molar refractivity (Wildman–Crippen MR) is 61.4 cm³/mol. The average Bonchev–Trinajstić information content (AvgIpc) is 2.68. The molecule has 0 saturated carbocycles. The van der Waals surface area contributed by atoms with E-state index in [1.807, 2.05) is 30.3 Å². The van der Waals surface area contributed by atoms with Crippen molar-refractivity contribution in [1.82, 2.24) is 0 Å². The molecule has 83 valence electrons. The van der Waals surface area contributed by atoms with E-state index in [4.69, 9.17) is 4.74 Å². The van der Waals surface area contributed by atoms with Crippen LogP contribution in [-0.4, -0.2) is 6.16 Å². The molecule has 0 atom stereocenters. The summed E-state index contributed by atoms with van der Waals surface area (Å²) in [5.41, 5.74) is 4.29. The van der Waals surface area contributed by atoms with E-state index in [0.29, 0.717) is 12.2 Å². The van der Waals surface area contributed by atoms with Crippen LogP contribution in [-0.2, 0) is 11.5 Å². The van der Waals surface area contributed by atoms with Crippen LogP contribution in [0, 0.1) is 0 Å². The third kappa shape index (κ3) is 1.56. The lowest BCUT2D eigenvalue weighted by Crippen LogP contribution is -2.03. The monoisotopic (exact) mass is 225 g/mol. The van der Waals surface area contributed by atoms with Gasteiger partial charge in [0.1, 0.15) is 5.75 Å². The lowest BCUT2D eigenvalue weighted by molar-refractivity contribution is 0.117. The van der Waals surface area contributed by atoms with Crippen molar-refractivity contribution in [2.45, 2.75) is 6.42 Å². The lowest BCUT2D eigenvalue weighted by atomic mass is 10.1. The fraction of sp³-hybridized carbons (Fsp3) is 0.0714. The summed E-state index contributed by atoms with van der Waals surface area (Å²) in [6, 6.07) is 13.4. The molecule has 1 aliphatic rings. The highest BCUT2D eigenvalue weighted by molar-refractivity contribution is 5.79. The summed E-state index contributed by atoms with van der Waals surface area (Å²) in [5.74, 6) is 0.374. The topological polar surface area (TPSA) is 46.2 Å². The molecule has 0 bridgehead atoms. The standard InChI is InChI=1S/C14H9O3/c15-14(16)17-13-7-3-6-11-10-5-2-1-4-9(10)8-12(11)13/h1-7H,8H2. The summed E-state index contributed by atoms with van der Waals surface area (Å²) in [5, 5.41) is 10.5. The van der Waals surface area contributed by atoms with Gasteiger partial charge in [0, 0.05) is 12.0 Å². The van der Waals surface area contributed by atoms with Crippen LogP contribution in [0.2, 0.25) is 0 Å². The highest BCUT2D eigenvalue weighted by atomic mass is 16.7. The van der Waals surface area contributed by atoms with Crippen molar-refractivity contribution in [2.75, 3.05) is 0 Å². The van der Waals surface area contributed by atoms with Crippen LogP contribution in [0.3, 0.4) is 0 Å². The third-order valence-corrected chi connectivity index (χ3v) is 3.00. The third-order valence-electron chi connectivity index (χ3n) is 3.00. The Morgan fingerprint density at radius 3 is 2.59 bits per heavy atom. The van der Waals surface area contributed by atoms with Gasteiger partial charge in [0.25, 0.3) is 0 Å². The zero-order valence-electron chi connectivity index (χ0n) is 8.97. The molecule has 2 aromatic rings. The van der Waals surface area contributed by atoms with Crippen molar-refractivity contribution in [3.63, 3.8) is 0 Å². The fourth-order valence-electron chi connectivity index (χ4n) is 2.31. The minimum absolute atomic E-state index is 0.374. The Hall–Kier alpha value is -2.29. The highest BCUT2D eigenvalue weighted by Gasteiger charge is 2.22. The van der Waals surface area contributed by atoms with Gasteiger partial charge in [-0.05, 0) is 22.8 Å². The second-order valence-corrected chi connectivity index (χ2v) is 3.97. The molecule has 17 heavy (non-hydrogen) atoms. The first-order valence-electron chi connectivity index (χ1n) is 5.34. The van der Waals surface area contributed by atoms with Gasteiger partial charge in [-0.3, -0.25) is 0 Å². The van der Waals surface area contributed by atoms with Gasteiger partial charge < -0.3 is 4.74 Å². The van der Waals surface area contributed by atoms with E-state index in [1.165, 1.54) is 5.56 Å². The molecule has 0 aliphatic heterocycles. The molecule has 0 amide bonds. The maximum atomic E-state index is 10.5. The van der Waals surface area contributed by atoms with E-state index in [1.54, 1.807) is 12.1 Å². The maximum absolute atomic E-state index is 10.5. The van der Waals surface area contributed by atoms with Crippen LogP contribution in [0.15, 0.2) is 42.5 Å². The molecule has 3 rings (SSSR count). The molecule has 0 aromatic heterocycles. The first kappa shape index (κ1) is 9.90. The Morgan fingerprint density at radius 1 is 1.00 bits per heavy atom. The van der Waals surface area contributed by atoms with Gasteiger partial charge in [-0.1, -0.05) is 36.4 Å². The number of fused-ring (bicyclic) bond motifs is 3. The molecule has 0 fully saturated rings. The second kappa shape index (κ2) is 3.63. The summed E-state index contributed by atoms with van der Waals surface area (Å²) in [7, 11) is 0. The molecule has 2 aromatic carbocycles. The van der Waals surface area contributed by atoms with E-state index in [9.17, 15) is 9.90 Å². The van der Waals surface area contributed by atoms with Gasteiger partial charge >= 0.3 is 6.16 Å². The molecule has 0 spiro atoms. The van der Waals surface area contributed by atoms with Crippen LogP contribution in [0.5, 0.6) is 5.75 Å². The Labute approximate surface area is 98.3 Å². The minimum Gasteiger partial charge on any atom is -0.392 e. The quantitative estimate of drug-likeness (QED) is 0.471. The zero-order valence-corrected chi connectivity index (χ0v) is 8.97. The van der Waals surface area contributed by atoms with E-state index in [0.717, 1.165) is 16.7 Å². The van der Waals surface area contributed by atoms with Gasteiger partial charge in [0.15, 0.2) is 0 Å². The van der Waals surface area contributed by atoms with Crippen molar-refractivity contribution >= 4 is 6.16 Å². The van der Waals surface area contributed by atoms with E-state index < -0.39 is 6.16 Å². The van der Waals surface area contributed by atoms with Gasteiger partial charge in [-0.15, -0.1) is 0 Å². The minimum atomic E-state index is -1.52. The largest absolute Gasteiger partial charge is 0.555 e. The van der Waals surface area contributed by atoms with Gasteiger partial charge in [0.2, 0.25) is 0 Å². The SMILES string of the molecule is [O]C(=O)Oc1cccc2c1Cc1ccccc1-2. The zero-order chi connectivity index (χ0) is 11.8. The van der Waals surface area contributed by atoms with E-state index in [-0.39, 0.29) is 0 Å². The van der Waals surface area contributed by atoms with Crippen molar-refractivity contribution in [2.24, 2.45) is 0 Å². The summed E-state index contributed by atoms with van der Waals surface area (Å²) >= 11 is 0. The Kier molecular flexibility index (Phi) is 2.11. The van der Waals surface area contributed by atoms with Crippen LogP contribution in [0.1, 0.15) is 11.1 Å². The Morgan fingerprint density at radius 2 is 1.76 bits per heavy atom. The van der Waals surface area contributed by atoms with Crippen molar-refractivity contribution in [1.29, 1.82) is 0 Å². The second-order valence-electron chi connectivity index (χ2n) is 3.97. The first-order chi connectivity index (χ1) is 8.25. The Balaban J connectivity index is 2.14. The molecule has 0 heterocycles. The lowest BCUT2D eigenvalue weighted by Gasteiger charge is -2.05. The van der Waals surface area contributed by atoms with Gasteiger partial charge in [-0.2, -0.15) is 9.90 Å². The van der Waals surface area contributed by atoms with Crippen molar-refractivity contribution < 1.29 is 14.6 Å². The van der Waals surface area contributed by atoms with Crippen LogP contribution >= 0.6 is 0 Å². The first-order valence-corrected chi connectivity index (χ1v) is 5.34. The number of carbonyl (C=O) groups excluding carboxylic acids is 1. The van der Waals surface area contributed by atoms with Crippen molar-refractivity contribution in [3.8, 4) is 16.9 Å². The predicted octanol–water partition coefficient (Wildman–Crippen LogP) is 3.19. The molecule has 3 heteroatoms. The molecule has 3 nitrogen and oxygen atoms in total. The maximum Gasteiger partial charge on any atom is 0.555 e. The molecule has 0 unspecified atom stereocenters. The molecule has 1 aliphatic carbocycles. The number of ether oxygens (including phenoxy) is 1. The highest BCUT2D eigenvalue weighted by Crippen LogP contribution is 2.40. The van der Waals surface area contributed by atoms with Crippen LogP contribution in [0.4, 0.5) is 4.79 Å². The van der Waals surface area contributed by atoms with Gasteiger partial charge in [-0.25, -0.2) is 0 Å². The number of hydrogen-bond acceptors (Lipinski definition) is 2. The van der Waals surface area contributed by atoms with Crippen LogP contribution < -0.4 is 4.74 Å². The smallest absolute Gasteiger partial charge is 0.392 e. The number of rotatable bonds is 1. The number of benzene rings is 2.